The summed E-state index contributed by atoms with van der Waals surface area (Å²) in [4.78, 5) is 24.4. The van der Waals surface area contributed by atoms with Gasteiger partial charge in [-0.25, -0.2) is 18.7 Å². The van der Waals surface area contributed by atoms with Crippen molar-refractivity contribution in [2.24, 2.45) is 5.92 Å². The molecule has 0 unspecified atom stereocenters. The largest absolute Gasteiger partial charge is 0.464 e. The second-order valence-electron chi connectivity index (χ2n) is 9.65. The standard InChI is InChI=1S/C24H34F2N4O3S/c1-16-27-14-19(33-16)13-22(31)28-18-5-3-17(4-6-18)7-10-30-11-8-20-21(9-12-30)34-23(29-20)32-15-24(2,25)26/h14,17-18H,3-13,15H2,1-2H3,(H,28,31). The molecule has 3 heterocycles. The van der Waals surface area contributed by atoms with E-state index in [1.165, 1.54) is 17.8 Å². The van der Waals surface area contributed by atoms with E-state index in [0.717, 1.165) is 75.7 Å². The number of carbonyl (C=O) groups excluding carboxylic acids is 1. The van der Waals surface area contributed by atoms with E-state index in [2.05, 4.69) is 20.2 Å². The van der Waals surface area contributed by atoms with Crippen molar-refractivity contribution in [3.05, 3.63) is 28.4 Å². The maximum Gasteiger partial charge on any atom is 0.278 e. The summed E-state index contributed by atoms with van der Waals surface area (Å²) in [6, 6.07) is 0.247. The van der Waals surface area contributed by atoms with Gasteiger partial charge >= 0.3 is 0 Å². The number of alkyl halides is 2. The molecule has 0 saturated heterocycles. The first-order valence-electron chi connectivity index (χ1n) is 12.2. The molecule has 0 spiro atoms. The number of fused-ring (bicyclic) bond motifs is 1. The molecule has 0 atom stereocenters. The molecule has 7 nitrogen and oxygen atoms in total. The summed E-state index contributed by atoms with van der Waals surface area (Å²) >= 11 is 1.41. The summed E-state index contributed by atoms with van der Waals surface area (Å²) in [5.74, 6) is -0.963. The fraction of sp³-hybridized carbons (Fsp3) is 0.708. The van der Waals surface area contributed by atoms with Gasteiger partial charge in [0.05, 0.1) is 18.3 Å². The van der Waals surface area contributed by atoms with Gasteiger partial charge in [-0.05, 0) is 51.0 Å². The van der Waals surface area contributed by atoms with Crippen LogP contribution in [0.15, 0.2) is 10.6 Å². The van der Waals surface area contributed by atoms with E-state index in [9.17, 15) is 13.6 Å². The number of thiazole rings is 1. The lowest BCUT2D eigenvalue weighted by Crippen LogP contribution is -2.39. The van der Waals surface area contributed by atoms with Crippen molar-refractivity contribution in [1.29, 1.82) is 0 Å². The number of ether oxygens (including phenoxy) is 1. The predicted molar refractivity (Wildman–Crippen MR) is 126 cm³/mol. The van der Waals surface area contributed by atoms with Gasteiger partial charge in [0.1, 0.15) is 5.76 Å². The SMILES string of the molecule is Cc1ncc(CC(=O)NC2CCC(CCN3CCc4nc(OCC(C)(F)F)sc4CC3)CC2)o1. The van der Waals surface area contributed by atoms with Crippen LogP contribution in [0.4, 0.5) is 8.78 Å². The Morgan fingerprint density at radius 3 is 2.76 bits per heavy atom. The number of hydrogen-bond donors (Lipinski definition) is 1. The number of halogens is 2. The number of hydrogen-bond acceptors (Lipinski definition) is 7. The molecule has 0 radical (unpaired) electrons. The van der Waals surface area contributed by atoms with Gasteiger partial charge in [0.2, 0.25) is 5.91 Å². The van der Waals surface area contributed by atoms with Gasteiger partial charge < -0.3 is 19.4 Å². The number of nitrogens with one attached hydrogen (secondary N) is 1. The fourth-order valence-corrected chi connectivity index (χ4v) is 5.69. The maximum atomic E-state index is 13.0. The summed E-state index contributed by atoms with van der Waals surface area (Å²) < 4.78 is 36.6. The van der Waals surface area contributed by atoms with Crippen molar-refractivity contribution in [2.75, 3.05) is 26.2 Å². The van der Waals surface area contributed by atoms with Crippen LogP contribution in [-0.4, -0.2) is 59.0 Å². The van der Waals surface area contributed by atoms with E-state index >= 15 is 0 Å². The van der Waals surface area contributed by atoms with E-state index < -0.39 is 12.5 Å². The summed E-state index contributed by atoms with van der Waals surface area (Å²) in [6.07, 6.45) is 9.07. The molecule has 0 bridgehead atoms. The highest BCUT2D eigenvalue weighted by Crippen LogP contribution is 2.30. The molecule has 34 heavy (non-hydrogen) atoms. The lowest BCUT2D eigenvalue weighted by atomic mass is 9.84. The zero-order valence-corrected chi connectivity index (χ0v) is 20.8. The number of oxazole rings is 1. The minimum Gasteiger partial charge on any atom is -0.464 e. The molecule has 1 fully saturated rings. The number of rotatable bonds is 9. The second-order valence-corrected chi connectivity index (χ2v) is 10.7. The average Bonchev–Trinajstić information content (AvgIpc) is 3.32. The smallest absolute Gasteiger partial charge is 0.278 e. The van der Waals surface area contributed by atoms with E-state index in [1.807, 2.05) is 0 Å². The lowest BCUT2D eigenvalue weighted by molar-refractivity contribution is -0.121. The molecule has 2 aromatic rings. The summed E-state index contributed by atoms with van der Waals surface area (Å²) in [5.41, 5.74) is 0.999. The van der Waals surface area contributed by atoms with E-state index in [-0.39, 0.29) is 18.4 Å². The Balaban J connectivity index is 1.13. The first kappa shape index (κ1) is 25.0. The molecule has 188 valence electrons. The summed E-state index contributed by atoms with van der Waals surface area (Å²) in [5, 5.41) is 3.51. The van der Waals surface area contributed by atoms with Crippen LogP contribution in [0.2, 0.25) is 0 Å². The minimum absolute atomic E-state index is 0.00204. The topological polar surface area (TPSA) is 80.5 Å². The number of carbonyl (C=O) groups is 1. The minimum atomic E-state index is -2.85. The van der Waals surface area contributed by atoms with E-state index in [0.29, 0.717) is 22.8 Å². The third-order valence-corrected chi connectivity index (χ3v) is 7.67. The first-order chi connectivity index (χ1) is 16.2. The summed E-state index contributed by atoms with van der Waals surface area (Å²) in [7, 11) is 0. The molecular formula is C24H34F2N4O3S. The van der Waals surface area contributed by atoms with Gasteiger partial charge in [0.25, 0.3) is 11.1 Å². The van der Waals surface area contributed by atoms with Crippen LogP contribution < -0.4 is 10.1 Å². The molecule has 2 aromatic heterocycles. The molecule has 4 rings (SSSR count). The van der Waals surface area contributed by atoms with E-state index in [1.54, 1.807) is 13.1 Å². The van der Waals surface area contributed by atoms with Crippen molar-refractivity contribution in [2.45, 2.75) is 77.2 Å². The zero-order chi connectivity index (χ0) is 24.1. The van der Waals surface area contributed by atoms with Crippen LogP contribution in [0.3, 0.4) is 0 Å². The van der Waals surface area contributed by atoms with Crippen molar-refractivity contribution in [3.63, 3.8) is 0 Å². The van der Waals surface area contributed by atoms with Crippen molar-refractivity contribution >= 4 is 17.2 Å². The number of amides is 1. The Kier molecular flexibility index (Phi) is 8.18. The van der Waals surface area contributed by atoms with Gasteiger partial charge in [-0.1, -0.05) is 11.3 Å². The molecule has 10 heteroatoms. The highest BCUT2D eigenvalue weighted by molar-refractivity contribution is 7.13. The Bertz CT molecular complexity index is 925. The third-order valence-electron chi connectivity index (χ3n) is 6.60. The molecule has 1 aliphatic heterocycles. The molecule has 1 N–H and O–H groups in total. The quantitative estimate of drug-likeness (QED) is 0.561. The molecule has 1 saturated carbocycles. The zero-order valence-electron chi connectivity index (χ0n) is 19.9. The van der Waals surface area contributed by atoms with Crippen LogP contribution in [0.1, 0.15) is 61.2 Å². The Morgan fingerprint density at radius 2 is 2.06 bits per heavy atom. The molecule has 1 aliphatic carbocycles. The third kappa shape index (κ3) is 7.46. The number of nitrogens with zero attached hydrogens (tertiary/aromatic N) is 3. The monoisotopic (exact) mass is 496 g/mol. The molecule has 0 aromatic carbocycles. The normalized spacial score (nSPS) is 21.6. The van der Waals surface area contributed by atoms with Crippen LogP contribution in [0.5, 0.6) is 5.19 Å². The highest BCUT2D eigenvalue weighted by Gasteiger charge is 2.26. The van der Waals surface area contributed by atoms with Crippen LogP contribution >= 0.6 is 11.3 Å². The van der Waals surface area contributed by atoms with Gasteiger partial charge in [-0.15, -0.1) is 0 Å². The highest BCUT2D eigenvalue weighted by atomic mass is 32.1. The Morgan fingerprint density at radius 1 is 1.29 bits per heavy atom. The predicted octanol–water partition coefficient (Wildman–Crippen LogP) is 4.18. The fourth-order valence-electron chi connectivity index (χ4n) is 4.74. The average molecular weight is 497 g/mol. The van der Waals surface area contributed by atoms with Crippen LogP contribution in [-0.2, 0) is 24.1 Å². The molecule has 1 amide bonds. The molecule has 2 aliphatic rings. The van der Waals surface area contributed by atoms with E-state index in [4.69, 9.17) is 9.15 Å². The second kappa shape index (κ2) is 11.1. The lowest BCUT2D eigenvalue weighted by Gasteiger charge is -2.30. The maximum absolute atomic E-state index is 13.0. The first-order valence-corrected chi connectivity index (χ1v) is 13.0. The molecular weight excluding hydrogens is 462 g/mol. The van der Waals surface area contributed by atoms with Gasteiger partial charge in [0.15, 0.2) is 12.5 Å². The number of aryl methyl sites for hydroxylation is 1. The van der Waals surface area contributed by atoms with Crippen molar-refractivity contribution < 1.29 is 22.7 Å². The van der Waals surface area contributed by atoms with Gasteiger partial charge in [-0.2, -0.15) is 0 Å². The van der Waals surface area contributed by atoms with Crippen LogP contribution in [0, 0.1) is 12.8 Å². The summed E-state index contributed by atoms with van der Waals surface area (Å²) in [6.45, 7) is 4.96. The van der Waals surface area contributed by atoms with Crippen molar-refractivity contribution in [1.82, 2.24) is 20.2 Å². The Hall–Kier alpha value is -2.07. The van der Waals surface area contributed by atoms with Gasteiger partial charge in [-0.3, -0.25) is 4.79 Å². The van der Waals surface area contributed by atoms with Gasteiger partial charge in [0, 0.05) is 44.3 Å². The number of aromatic nitrogens is 2. The van der Waals surface area contributed by atoms with Crippen LogP contribution in [0.25, 0.3) is 0 Å². The Labute approximate surface area is 203 Å². The van der Waals surface area contributed by atoms with Crippen molar-refractivity contribution in [3.8, 4) is 5.19 Å².